The van der Waals surface area contributed by atoms with E-state index in [0.29, 0.717) is 40.8 Å². The van der Waals surface area contributed by atoms with Gasteiger partial charge < -0.3 is 19.9 Å². The van der Waals surface area contributed by atoms with Gasteiger partial charge in [-0.2, -0.15) is 5.10 Å². The summed E-state index contributed by atoms with van der Waals surface area (Å²) in [5.41, 5.74) is 2.12. The fourth-order valence-corrected chi connectivity index (χ4v) is 4.25. The number of nitrogens with one attached hydrogen (secondary N) is 2. The van der Waals surface area contributed by atoms with E-state index in [-0.39, 0.29) is 11.6 Å². The molecule has 0 radical (unpaired) electrons. The average Bonchev–Trinajstić information content (AvgIpc) is 3.41. The molecule has 0 fully saturated rings. The summed E-state index contributed by atoms with van der Waals surface area (Å²) in [6, 6.07) is 3.51. The molecule has 0 saturated heterocycles. The number of benzene rings is 1. The minimum absolute atomic E-state index is 0.0668. The number of ether oxygens (including phenoxy) is 1. The Balaban J connectivity index is 1.48. The lowest BCUT2D eigenvalue weighted by Gasteiger charge is -2.14. The number of alkyl carbamates (subject to hydrolysis) is 1. The normalized spacial score (nSPS) is 14.8. The number of fused-ring (bicyclic) bond motifs is 1. The quantitative estimate of drug-likeness (QED) is 0.578. The van der Waals surface area contributed by atoms with Gasteiger partial charge in [-0.15, -0.1) is 0 Å². The number of anilines is 1. The second-order valence-corrected chi connectivity index (χ2v) is 8.09. The van der Waals surface area contributed by atoms with Crippen LogP contribution in [0.15, 0.2) is 24.5 Å². The smallest absolute Gasteiger partial charge is 0.408 e. The number of amides is 2. The van der Waals surface area contributed by atoms with Crippen LogP contribution in [0.4, 0.5) is 14.9 Å². The molecule has 32 heavy (non-hydrogen) atoms. The Morgan fingerprint density at radius 3 is 2.78 bits per heavy atom. The van der Waals surface area contributed by atoms with Gasteiger partial charge in [-0.1, -0.05) is 23.2 Å². The van der Waals surface area contributed by atoms with Crippen molar-refractivity contribution in [2.75, 3.05) is 5.32 Å². The lowest BCUT2D eigenvalue weighted by Crippen LogP contribution is -2.28. The summed E-state index contributed by atoms with van der Waals surface area (Å²) in [4.78, 5) is 29.2. The lowest BCUT2D eigenvalue weighted by atomic mass is 10.1. The first kappa shape index (κ1) is 22.1. The third kappa shape index (κ3) is 4.28. The zero-order chi connectivity index (χ0) is 23.0. The highest BCUT2D eigenvalue weighted by Gasteiger charge is 2.35. The molecule has 9 nitrogen and oxygen atoms in total. The summed E-state index contributed by atoms with van der Waals surface area (Å²) >= 11 is 12.3. The van der Waals surface area contributed by atoms with E-state index in [0.717, 1.165) is 5.56 Å². The second kappa shape index (κ2) is 8.79. The highest BCUT2D eigenvalue weighted by atomic mass is 35.5. The van der Waals surface area contributed by atoms with E-state index in [4.69, 9.17) is 27.9 Å². The summed E-state index contributed by atoms with van der Waals surface area (Å²) in [6.07, 6.45) is 1.97. The molecule has 0 bridgehead atoms. The van der Waals surface area contributed by atoms with E-state index in [1.807, 2.05) is 0 Å². The fourth-order valence-electron chi connectivity index (χ4n) is 3.74. The molecule has 0 saturated carbocycles. The number of nitrogens with zero attached hydrogens (tertiary/aromatic N) is 4. The standard InChI is InChI=1S/C20H19Cl2FN6O3/c1-28-9-24-15(27-28)8-32-20(31)26-14-6-4-11-16(14)18(22)29(2)17(11)19(30)25-10-3-5-13(23)12(21)7-10/h3,5,7,9,14H,4,6,8H2,1-2H3,(H,25,30)(H,26,31). The zero-order valence-electron chi connectivity index (χ0n) is 17.2. The van der Waals surface area contributed by atoms with E-state index in [9.17, 15) is 14.0 Å². The summed E-state index contributed by atoms with van der Waals surface area (Å²) in [7, 11) is 3.38. The van der Waals surface area contributed by atoms with Gasteiger partial charge in [0.05, 0.1) is 11.1 Å². The molecule has 3 aromatic rings. The molecule has 168 valence electrons. The Kier molecular flexibility index (Phi) is 6.07. The lowest BCUT2D eigenvalue weighted by molar-refractivity contribution is 0.101. The van der Waals surface area contributed by atoms with Crippen LogP contribution in [0.3, 0.4) is 0 Å². The summed E-state index contributed by atoms with van der Waals surface area (Å²) < 4.78 is 21.6. The highest BCUT2D eigenvalue weighted by Crippen LogP contribution is 2.40. The molecule has 4 rings (SSSR count). The molecule has 1 unspecified atom stereocenters. The molecule has 12 heteroatoms. The summed E-state index contributed by atoms with van der Waals surface area (Å²) in [5, 5.41) is 9.79. The van der Waals surface area contributed by atoms with E-state index in [1.54, 1.807) is 18.7 Å². The van der Waals surface area contributed by atoms with Crippen molar-refractivity contribution < 1.29 is 18.7 Å². The topological polar surface area (TPSA) is 103 Å². The van der Waals surface area contributed by atoms with Crippen LogP contribution in [0.5, 0.6) is 0 Å². The van der Waals surface area contributed by atoms with Crippen LogP contribution in [0.1, 0.15) is 39.9 Å². The minimum atomic E-state index is -0.637. The largest absolute Gasteiger partial charge is 0.441 e. The van der Waals surface area contributed by atoms with Crippen LogP contribution in [-0.2, 0) is 31.9 Å². The molecule has 2 heterocycles. The Morgan fingerprint density at radius 1 is 1.31 bits per heavy atom. The van der Waals surface area contributed by atoms with Crippen molar-refractivity contribution in [3.63, 3.8) is 0 Å². The number of aromatic nitrogens is 4. The maximum atomic E-state index is 13.4. The van der Waals surface area contributed by atoms with Crippen LogP contribution in [0, 0.1) is 5.82 Å². The van der Waals surface area contributed by atoms with Crippen LogP contribution in [0.25, 0.3) is 0 Å². The van der Waals surface area contributed by atoms with E-state index >= 15 is 0 Å². The number of aryl methyl sites for hydroxylation is 1. The van der Waals surface area contributed by atoms with Gasteiger partial charge in [0.15, 0.2) is 12.4 Å². The third-order valence-electron chi connectivity index (χ3n) is 5.16. The van der Waals surface area contributed by atoms with Crippen LogP contribution in [0.2, 0.25) is 10.2 Å². The molecule has 0 aliphatic heterocycles. The molecule has 2 aromatic heterocycles. The second-order valence-electron chi connectivity index (χ2n) is 7.32. The number of rotatable bonds is 5. The number of hydrogen-bond acceptors (Lipinski definition) is 5. The van der Waals surface area contributed by atoms with Crippen molar-refractivity contribution in [3.8, 4) is 0 Å². The first-order valence-electron chi connectivity index (χ1n) is 9.65. The van der Waals surface area contributed by atoms with E-state index in [2.05, 4.69) is 20.7 Å². The predicted octanol–water partition coefficient (Wildman–Crippen LogP) is 3.77. The minimum Gasteiger partial charge on any atom is -0.441 e. The molecule has 1 atom stereocenters. The van der Waals surface area contributed by atoms with Crippen LogP contribution < -0.4 is 10.6 Å². The molecular weight excluding hydrogens is 462 g/mol. The Hall–Kier alpha value is -3.11. The van der Waals surface area contributed by atoms with Crippen molar-refractivity contribution in [2.45, 2.75) is 25.5 Å². The number of hydrogen-bond donors (Lipinski definition) is 2. The maximum absolute atomic E-state index is 13.4. The van der Waals surface area contributed by atoms with Crippen LogP contribution in [-0.4, -0.2) is 31.3 Å². The fraction of sp³-hybridized carbons (Fsp3) is 0.300. The molecule has 2 N–H and O–H groups in total. The van der Waals surface area contributed by atoms with E-state index in [1.165, 1.54) is 29.2 Å². The van der Waals surface area contributed by atoms with Gasteiger partial charge in [-0.25, -0.2) is 14.2 Å². The van der Waals surface area contributed by atoms with Crippen molar-refractivity contribution >= 4 is 40.9 Å². The van der Waals surface area contributed by atoms with Gasteiger partial charge in [0.2, 0.25) is 0 Å². The molecule has 2 amide bonds. The third-order valence-corrected chi connectivity index (χ3v) is 5.91. The van der Waals surface area contributed by atoms with Gasteiger partial charge >= 0.3 is 6.09 Å². The van der Waals surface area contributed by atoms with Crippen molar-refractivity contribution in [1.82, 2.24) is 24.6 Å². The van der Waals surface area contributed by atoms with Crippen molar-refractivity contribution in [3.05, 3.63) is 63.2 Å². The number of carbonyl (C=O) groups is 2. The SMILES string of the molecule is Cn1cnc(COC(=O)NC2CCc3c2c(Cl)n(C)c3C(=O)Nc2ccc(F)c(Cl)c2)n1. The monoisotopic (exact) mass is 480 g/mol. The van der Waals surface area contributed by atoms with Crippen molar-refractivity contribution in [1.29, 1.82) is 0 Å². The molecule has 1 aromatic carbocycles. The van der Waals surface area contributed by atoms with Gasteiger partial charge in [0.1, 0.15) is 23.0 Å². The first-order chi connectivity index (χ1) is 15.2. The predicted molar refractivity (Wildman–Crippen MR) is 115 cm³/mol. The molecule has 0 spiro atoms. The Labute approximate surface area is 192 Å². The summed E-state index contributed by atoms with van der Waals surface area (Å²) in [6.45, 7) is -0.0668. The molecular formula is C20H19Cl2FN6O3. The molecule has 1 aliphatic rings. The average molecular weight is 481 g/mol. The van der Waals surface area contributed by atoms with Gasteiger partial charge in [0, 0.05) is 25.3 Å². The van der Waals surface area contributed by atoms with Gasteiger partial charge in [0.25, 0.3) is 5.91 Å². The molecule has 1 aliphatic carbocycles. The van der Waals surface area contributed by atoms with Gasteiger partial charge in [-0.3, -0.25) is 9.48 Å². The zero-order valence-corrected chi connectivity index (χ0v) is 18.7. The Bertz CT molecular complexity index is 1210. The maximum Gasteiger partial charge on any atom is 0.408 e. The van der Waals surface area contributed by atoms with E-state index < -0.39 is 23.9 Å². The highest BCUT2D eigenvalue weighted by molar-refractivity contribution is 6.31. The number of halogens is 3. The number of carbonyl (C=O) groups excluding carboxylic acids is 2. The Morgan fingerprint density at radius 2 is 2.09 bits per heavy atom. The van der Waals surface area contributed by atoms with Crippen molar-refractivity contribution in [2.24, 2.45) is 14.1 Å². The first-order valence-corrected chi connectivity index (χ1v) is 10.4. The van der Waals surface area contributed by atoms with Gasteiger partial charge in [-0.05, 0) is 36.6 Å². The summed E-state index contributed by atoms with van der Waals surface area (Å²) in [5.74, 6) is -0.609. The van der Waals surface area contributed by atoms with Crippen LogP contribution >= 0.6 is 23.2 Å².